The molecule has 1 aliphatic rings. The largest absolute Gasteiger partial charge is 0.460 e. The third-order valence-corrected chi connectivity index (χ3v) is 8.65. The van der Waals surface area contributed by atoms with Gasteiger partial charge in [-0.3, -0.25) is 9.36 Å². The first kappa shape index (κ1) is 28.1. The molecule has 4 N–H and O–H groups in total. The van der Waals surface area contributed by atoms with Gasteiger partial charge in [0.2, 0.25) is 0 Å². The number of ether oxygens (including phenoxy) is 2. The molecule has 0 saturated carbocycles. The SMILES string of the molecule is C[C@H](NP(=S)(OC[C@@H]1C[C@@H](O)[C@H](n2cnc3c(N)ncnc32)O1)Oc1ccccc1)C(=O)OCc1ccccc1. The molecular formula is C26H29N6O6PS. The van der Waals surface area contributed by atoms with Crippen LogP contribution >= 0.6 is 6.64 Å². The van der Waals surface area contributed by atoms with Gasteiger partial charge in [-0.2, -0.15) is 0 Å². The van der Waals surface area contributed by atoms with Crippen LogP contribution in [0.4, 0.5) is 5.82 Å². The van der Waals surface area contributed by atoms with Gasteiger partial charge in [0, 0.05) is 6.42 Å². The molecular weight excluding hydrogens is 555 g/mol. The lowest BCUT2D eigenvalue weighted by molar-refractivity contribution is -0.146. The van der Waals surface area contributed by atoms with Crippen molar-refractivity contribution in [1.82, 2.24) is 24.6 Å². The Labute approximate surface area is 235 Å². The predicted molar refractivity (Wildman–Crippen MR) is 150 cm³/mol. The number of hydrogen-bond acceptors (Lipinski definition) is 11. The van der Waals surface area contributed by atoms with Crippen LogP contribution in [0, 0.1) is 0 Å². The van der Waals surface area contributed by atoms with Gasteiger partial charge in [-0.05, 0) is 36.4 Å². The van der Waals surface area contributed by atoms with E-state index < -0.39 is 37.1 Å². The summed E-state index contributed by atoms with van der Waals surface area (Å²) in [6.07, 6.45) is 0.934. The highest BCUT2D eigenvalue weighted by Crippen LogP contribution is 2.46. The first-order valence-electron chi connectivity index (χ1n) is 12.6. The van der Waals surface area contributed by atoms with Gasteiger partial charge in [0.1, 0.15) is 36.3 Å². The number of aromatic nitrogens is 4. The number of carbonyl (C=O) groups is 1. The number of nitrogens with one attached hydrogen (secondary N) is 1. The van der Waals surface area contributed by atoms with Gasteiger partial charge in [-0.15, -0.1) is 0 Å². The smallest absolute Gasteiger partial charge is 0.323 e. The van der Waals surface area contributed by atoms with Gasteiger partial charge in [0.25, 0.3) is 0 Å². The van der Waals surface area contributed by atoms with Crippen molar-refractivity contribution in [2.24, 2.45) is 0 Å². The molecule has 0 amide bonds. The van der Waals surface area contributed by atoms with Crippen LogP contribution in [0.2, 0.25) is 0 Å². The van der Waals surface area contributed by atoms with Crippen LogP contribution in [0.15, 0.2) is 73.3 Å². The molecule has 2 aromatic carbocycles. The summed E-state index contributed by atoms with van der Waals surface area (Å²) < 4.78 is 25.3. The van der Waals surface area contributed by atoms with Crippen LogP contribution in [0.3, 0.4) is 0 Å². The molecule has 0 bridgehead atoms. The van der Waals surface area contributed by atoms with Crippen LogP contribution in [-0.4, -0.2) is 55.5 Å². The zero-order valence-electron chi connectivity index (χ0n) is 21.6. The average Bonchev–Trinajstić information content (AvgIpc) is 3.55. The van der Waals surface area contributed by atoms with Gasteiger partial charge in [0.15, 0.2) is 17.7 Å². The zero-order chi connectivity index (χ0) is 28.1. The highest BCUT2D eigenvalue weighted by atomic mass is 32.5. The number of nitrogens with zero attached hydrogens (tertiary/aromatic N) is 4. The highest BCUT2D eigenvalue weighted by molar-refractivity contribution is 8.09. The second-order valence-electron chi connectivity index (χ2n) is 9.18. The monoisotopic (exact) mass is 584 g/mol. The molecule has 40 heavy (non-hydrogen) atoms. The van der Waals surface area contributed by atoms with Crippen molar-refractivity contribution < 1.29 is 28.4 Å². The Hall–Kier alpha value is -3.45. The Kier molecular flexibility index (Phi) is 8.69. The van der Waals surface area contributed by atoms with Crippen molar-refractivity contribution in [2.45, 2.75) is 44.4 Å². The Morgan fingerprint density at radius 2 is 1.93 bits per heavy atom. The number of fused-ring (bicyclic) bond motifs is 1. The Morgan fingerprint density at radius 3 is 2.67 bits per heavy atom. The van der Waals surface area contributed by atoms with E-state index in [0.29, 0.717) is 16.9 Å². The number of imidazole rings is 1. The van der Waals surface area contributed by atoms with Crippen molar-refractivity contribution in [1.29, 1.82) is 0 Å². The third kappa shape index (κ3) is 6.64. The molecule has 3 heterocycles. The average molecular weight is 585 g/mol. The number of aliphatic hydroxyl groups is 1. The summed E-state index contributed by atoms with van der Waals surface area (Å²) in [6.45, 7) is -1.52. The van der Waals surface area contributed by atoms with E-state index in [1.165, 1.54) is 12.7 Å². The zero-order valence-corrected chi connectivity index (χ0v) is 23.3. The summed E-state index contributed by atoms with van der Waals surface area (Å²) in [5, 5.41) is 13.8. The summed E-state index contributed by atoms with van der Waals surface area (Å²) in [7, 11) is 0. The van der Waals surface area contributed by atoms with Crippen LogP contribution < -0.4 is 15.3 Å². The quantitative estimate of drug-likeness (QED) is 0.175. The maximum atomic E-state index is 12.7. The van der Waals surface area contributed by atoms with Crippen LogP contribution in [0.25, 0.3) is 11.2 Å². The number of para-hydroxylation sites is 1. The number of benzene rings is 2. The third-order valence-electron chi connectivity index (χ3n) is 6.16. The Bertz CT molecular complexity index is 1490. The van der Waals surface area contributed by atoms with Gasteiger partial charge < -0.3 is 29.4 Å². The maximum Gasteiger partial charge on any atom is 0.323 e. The molecule has 4 aromatic rings. The van der Waals surface area contributed by atoms with Crippen molar-refractivity contribution in [2.75, 3.05) is 12.3 Å². The van der Waals surface area contributed by atoms with E-state index in [2.05, 4.69) is 20.0 Å². The number of rotatable bonds is 11. The molecule has 5 atom stereocenters. The molecule has 210 valence electrons. The van der Waals surface area contributed by atoms with E-state index in [1.807, 2.05) is 36.4 Å². The standard InChI is InChI=1S/C26H29N6O6PS/c1-17(26(34)35-13-18-8-4-2-5-9-18)31-39(40,38-19-10-6-3-7-11-19)36-14-20-12-21(33)25(37-20)32-16-30-22-23(27)28-15-29-24(22)32/h2-11,15-17,20-21,25,33H,12-14H2,1H3,(H,31,40)(H2,27,28,29)/t17-,20-,21+,25+,39?/m0/s1. The molecule has 1 saturated heterocycles. The fraction of sp³-hybridized carbons (Fsp3) is 0.308. The Balaban J connectivity index is 1.25. The highest BCUT2D eigenvalue weighted by Gasteiger charge is 2.38. The second-order valence-corrected chi connectivity index (χ2v) is 12.3. The maximum absolute atomic E-state index is 12.7. The minimum Gasteiger partial charge on any atom is -0.460 e. The van der Waals surface area contributed by atoms with Gasteiger partial charge in [-0.1, -0.05) is 48.5 Å². The summed E-state index contributed by atoms with van der Waals surface area (Å²) in [4.78, 5) is 25.2. The molecule has 0 radical (unpaired) electrons. The van der Waals surface area contributed by atoms with Gasteiger partial charge in [-0.25, -0.2) is 20.0 Å². The van der Waals surface area contributed by atoms with Crippen molar-refractivity contribution in [3.05, 3.63) is 78.9 Å². The van der Waals surface area contributed by atoms with E-state index in [0.717, 1.165) is 5.56 Å². The minimum atomic E-state index is -3.28. The summed E-state index contributed by atoms with van der Waals surface area (Å²) in [5.74, 6) is 0.215. The van der Waals surface area contributed by atoms with Crippen molar-refractivity contribution in [3.63, 3.8) is 0 Å². The number of hydrogen-bond donors (Lipinski definition) is 3. The number of aliphatic hydroxyl groups excluding tert-OH is 1. The van der Waals surface area contributed by atoms with E-state index >= 15 is 0 Å². The fourth-order valence-corrected chi connectivity index (χ4v) is 6.62. The molecule has 12 nitrogen and oxygen atoms in total. The predicted octanol–water partition coefficient (Wildman–Crippen LogP) is 3.10. The normalized spacial score (nSPS) is 21.1. The molecule has 1 aliphatic heterocycles. The fourth-order valence-electron chi connectivity index (χ4n) is 4.18. The lowest BCUT2D eigenvalue weighted by Gasteiger charge is -2.27. The lowest BCUT2D eigenvalue weighted by atomic mass is 10.2. The number of nitrogens with two attached hydrogens (primary N) is 1. The van der Waals surface area contributed by atoms with E-state index in [1.54, 1.807) is 35.8 Å². The molecule has 5 rings (SSSR count). The lowest BCUT2D eigenvalue weighted by Crippen LogP contribution is -2.35. The minimum absolute atomic E-state index is 0.000205. The molecule has 0 aliphatic carbocycles. The number of carbonyl (C=O) groups excluding carboxylic acids is 1. The Morgan fingerprint density at radius 1 is 1.20 bits per heavy atom. The molecule has 2 aromatic heterocycles. The van der Waals surface area contributed by atoms with E-state index in [9.17, 15) is 9.90 Å². The molecule has 1 unspecified atom stereocenters. The number of nitrogen functional groups attached to an aromatic ring is 1. The summed E-state index contributed by atoms with van der Waals surface area (Å²) in [5.41, 5.74) is 7.62. The summed E-state index contributed by atoms with van der Waals surface area (Å²) in [6, 6.07) is 17.5. The molecule has 0 spiro atoms. The first-order valence-corrected chi connectivity index (χ1v) is 15.2. The number of esters is 1. The topological polar surface area (TPSA) is 156 Å². The number of anilines is 1. The van der Waals surface area contributed by atoms with E-state index in [-0.39, 0.29) is 25.5 Å². The molecule has 14 heteroatoms. The van der Waals surface area contributed by atoms with Gasteiger partial charge in [0.05, 0.1) is 19.0 Å². The van der Waals surface area contributed by atoms with Gasteiger partial charge >= 0.3 is 12.6 Å². The first-order chi connectivity index (χ1) is 19.3. The van der Waals surface area contributed by atoms with Crippen LogP contribution in [0.1, 0.15) is 25.1 Å². The second kappa shape index (κ2) is 12.4. The van der Waals surface area contributed by atoms with Crippen LogP contribution in [0.5, 0.6) is 5.75 Å². The van der Waals surface area contributed by atoms with Crippen molar-refractivity contribution in [3.8, 4) is 5.75 Å². The van der Waals surface area contributed by atoms with E-state index in [4.69, 9.17) is 36.1 Å². The molecule has 1 fully saturated rings. The van der Waals surface area contributed by atoms with Crippen molar-refractivity contribution >= 4 is 41.4 Å². The van der Waals surface area contributed by atoms with Crippen LogP contribution in [-0.2, 0) is 37.2 Å². The summed E-state index contributed by atoms with van der Waals surface area (Å²) >= 11 is 5.79.